The van der Waals surface area contributed by atoms with Gasteiger partial charge in [0.2, 0.25) is 0 Å². The van der Waals surface area contributed by atoms with Crippen molar-refractivity contribution in [3.8, 4) is 0 Å². The maximum absolute atomic E-state index is 4.57. The molecule has 2 aliphatic heterocycles. The molecule has 0 saturated carbocycles. The van der Waals surface area contributed by atoms with E-state index in [2.05, 4.69) is 71.1 Å². The average Bonchev–Trinajstić information content (AvgIpc) is 3.18. The smallest absolute Gasteiger partial charge is 0.138 e. The summed E-state index contributed by atoms with van der Waals surface area (Å²) in [6, 6.07) is 0.523. The number of aryl methyl sites for hydroxylation is 1. The summed E-state index contributed by atoms with van der Waals surface area (Å²) in [5, 5.41) is 17.9. The van der Waals surface area contributed by atoms with E-state index in [4.69, 9.17) is 0 Å². The van der Waals surface area contributed by atoms with Crippen LogP contribution in [0.4, 0.5) is 0 Å². The fourth-order valence-electron chi connectivity index (χ4n) is 4.65. The predicted octanol–water partition coefficient (Wildman–Crippen LogP) is 3.21. The highest BCUT2D eigenvalue weighted by Gasteiger charge is 2.38. The highest BCUT2D eigenvalue weighted by molar-refractivity contribution is 5.15. The van der Waals surface area contributed by atoms with Crippen LogP contribution in [-0.2, 0) is 30.2 Å². The average molecular weight is 342 g/mol. The van der Waals surface area contributed by atoms with Gasteiger partial charge in [-0.1, -0.05) is 34.6 Å². The zero-order valence-electron chi connectivity index (χ0n) is 16.4. The molecule has 0 aliphatic carbocycles. The van der Waals surface area contributed by atoms with Crippen LogP contribution in [-0.4, -0.2) is 29.5 Å². The molecule has 2 aromatic rings. The Morgan fingerprint density at radius 3 is 2.36 bits per heavy atom. The van der Waals surface area contributed by atoms with Gasteiger partial charge < -0.3 is 9.13 Å². The van der Waals surface area contributed by atoms with Crippen molar-refractivity contribution in [2.75, 3.05) is 0 Å². The summed E-state index contributed by atoms with van der Waals surface area (Å²) < 4.78 is 4.73. The van der Waals surface area contributed by atoms with E-state index in [1.165, 1.54) is 6.42 Å². The Morgan fingerprint density at radius 2 is 1.64 bits per heavy atom. The number of rotatable bonds is 3. The van der Waals surface area contributed by atoms with Crippen molar-refractivity contribution < 1.29 is 0 Å². The standard InChI is InChI=1S/C19H30N6/c1-12-7-8-14-20-23-17(25(12)14)19(5,6)10-13-9-15-21-22-16(18(2,3)4)24(15)11-13/h12-13H,7-11H2,1-6H3. The summed E-state index contributed by atoms with van der Waals surface area (Å²) in [5.41, 5.74) is 0.0623. The summed E-state index contributed by atoms with van der Waals surface area (Å²) in [7, 11) is 0. The first kappa shape index (κ1) is 16.7. The quantitative estimate of drug-likeness (QED) is 0.859. The molecule has 0 saturated heterocycles. The lowest BCUT2D eigenvalue weighted by molar-refractivity contribution is 0.320. The molecule has 2 aliphatic rings. The third-order valence-electron chi connectivity index (χ3n) is 5.81. The Hall–Kier alpha value is -1.72. The number of hydrogen-bond acceptors (Lipinski definition) is 4. The molecule has 2 unspecified atom stereocenters. The van der Waals surface area contributed by atoms with Gasteiger partial charge in [0, 0.05) is 36.3 Å². The molecule has 0 radical (unpaired) electrons. The molecule has 0 spiro atoms. The van der Waals surface area contributed by atoms with E-state index >= 15 is 0 Å². The van der Waals surface area contributed by atoms with Gasteiger partial charge in [0.1, 0.15) is 23.3 Å². The highest BCUT2D eigenvalue weighted by atomic mass is 15.3. The molecule has 0 N–H and O–H groups in total. The summed E-state index contributed by atoms with van der Waals surface area (Å²) in [5.74, 6) is 5.16. The van der Waals surface area contributed by atoms with Gasteiger partial charge in [-0.05, 0) is 25.7 Å². The van der Waals surface area contributed by atoms with Crippen LogP contribution in [0, 0.1) is 5.92 Å². The second-order valence-corrected chi connectivity index (χ2v) is 9.66. The molecule has 2 atom stereocenters. The number of nitrogens with zero attached hydrogens (tertiary/aromatic N) is 6. The van der Waals surface area contributed by atoms with Crippen LogP contribution in [0.25, 0.3) is 0 Å². The number of aromatic nitrogens is 6. The van der Waals surface area contributed by atoms with Gasteiger partial charge in [-0.3, -0.25) is 0 Å². The lowest BCUT2D eigenvalue weighted by Crippen LogP contribution is -2.28. The van der Waals surface area contributed by atoms with E-state index in [1.807, 2.05) is 0 Å². The van der Waals surface area contributed by atoms with Crippen molar-refractivity contribution in [3.05, 3.63) is 23.3 Å². The first-order valence-corrected chi connectivity index (χ1v) is 9.53. The van der Waals surface area contributed by atoms with E-state index in [0.29, 0.717) is 12.0 Å². The Kier molecular flexibility index (Phi) is 3.61. The van der Waals surface area contributed by atoms with Crippen molar-refractivity contribution in [2.24, 2.45) is 5.92 Å². The van der Waals surface area contributed by atoms with E-state index in [-0.39, 0.29) is 10.8 Å². The van der Waals surface area contributed by atoms with Gasteiger partial charge >= 0.3 is 0 Å². The molecule has 4 heterocycles. The summed E-state index contributed by atoms with van der Waals surface area (Å²) in [4.78, 5) is 0. The molecule has 6 nitrogen and oxygen atoms in total. The van der Waals surface area contributed by atoms with Crippen LogP contribution >= 0.6 is 0 Å². The molecule has 25 heavy (non-hydrogen) atoms. The number of fused-ring (bicyclic) bond motifs is 2. The van der Waals surface area contributed by atoms with Crippen LogP contribution in [0.2, 0.25) is 0 Å². The molecule has 0 fully saturated rings. The maximum Gasteiger partial charge on any atom is 0.138 e. The third-order valence-corrected chi connectivity index (χ3v) is 5.81. The van der Waals surface area contributed by atoms with Crippen LogP contribution in [0.15, 0.2) is 0 Å². The monoisotopic (exact) mass is 342 g/mol. The minimum atomic E-state index is 0.0217. The Bertz CT molecular complexity index is 791. The molecule has 4 rings (SSSR count). The summed E-state index contributed by atoms with van der Waals surface area (Å²) in [6.07, 6.45) is 4.37. The van der Waals surface area contributed by atoms with Gasteiger partial charge in [0.15, 0.2) is 0 Å². The fraction of sp³-hybridized carbons (Fsp3) is 0.789. The Balaban J connectivity index is 1.54. The largest absolute Gasteiger partial charge is 0.314 e. The van der Waals surface area contributed by atoms with Gasteiger partial charge in [0.05, 0.1) is 0 Å². The minimum absolute atomic E-state index is 0.0217. The van der Waals surface area contributed by atoms with E-state index in [0.717, 1.165) is 49.1 Å². The Labute approximate surface area is 150 Å². The summed E-state index contributed by atoms with van der Waals surface area (Å²) >= 11 is 0. The number of hydrogen-bond donors (Lipinski definition) is 0. The van der Waals surface area contributed by atoms with Crippen molar-refractivity contribution in [1.29, 1.82) is 0 Å². The lowest BCUT2D eigenvalue weighted by atomic mass is 9.81. The zero-order chi connectivity index (χ0) is 18.0. The first-order valence-electron chi connectivity index (χ1n) is 9.53. The second kappa shape index (κ2) is 5.39. The van der Waals surface area contributed by atoms with Crippen LogP contribution < -0.4 is 0 Å². The molecule has 136 valence electrons. The molecular weight excluding hydrogens is 312 g/mol. The fourth-order valence-corrected chi connectivity index (χ4v) is 4.65. The van der Waals surface area contributed by atoms with Crippen LogP contribution in [0.3, 0.4) is 0 Å². The lowest BCUT2D eigenvalue weighted by Gasteiger charge is -2.28. The van der Waals surface area contributed by atoms with Gasteiger partial charge in [-0.2, -0.15) is 0 Å². The normalized spacial score (nSPS) is 23.1. The third kappa shape index (κ3) is 2.70. The van der Waals surface area contributed by atoms with Crippen molar-refractivity contribution >= 4 is 0 Å². The van der Waals surface area contributed by atoms with E-state index in [1.54, 1.807) is 0 Å². The molecule has 0 aromatic carbocycles. The van der Waals surface area contributed by atoms with E-state index in [9.17, 15) is 0 Å². The van der Waals surface area contributed by atoms with Crippen molar-refractivity contribution in [1.82, 2.24) is 29.5 Å². The first-order chi connectivity index (χ1) is 11.7. The van der Waals surface area contributed by atoms with Gasteiger partial charge in [0.25, 0.3) is 0 Å². The highest BCUT2D eigenvalue weighted by Crippen LogP contribution is 2.38. The van der Waals surface area contributed by atoms with Crippen LogP contribution in [0.1, 0.15) is 83.7 Å². The molecular formula is C19H30N6. The van der Waals surface area contributed by atoms with Gasteiger partial charge in [-0.25, -0.2) is 0 Å². The predicted molar refractivity (Wildman–Crippen MR) is 96.6 cm³/mol. The zero-order valence-corrected chi connectivity index (χ0v) is 16.4. The maximum atomic E-state index is 4.57. The molecule has 0 amide bonds. The van der Waals surface area contributed by atoms with Crippen LogP contribution in [0.5, 0.6) is 0 Å². The van der Waals surface area contributed by atoms with Crippen molar-refractivity contribution in [3.63, 3.8) is 0 Å². The SMILES string of the molecule is CC1CCc2nnc(C(C)(C)CC3Cc4nnc(C(C)(C)C)n4C3)n21. The summed E-state index contributed by atoms with van der Waals surface area (Å²) in [6.45, 7) is 14.6. The van der Waals surface area contributed by atoms with E-state index < -0.39 is 0 Å². The molecule has 2 aromatic heterocycles. The topological polar surface area (TPSA) is 61.4 Å². The second-order valence-electron chi connectivity index (χ2n) is 9.66. The van der Waals surface area contributed by atoms with Crippen molar-refractivity contribution in [2.45, 2.75) is 90.6 Å². The Morgan fingerprint density at radius 1 is 0.960 bits per heavy atom. The minimum Gasteiger partial charge on any atom is -0.314 e. The molecule has 6 heteroatoms. The molecule has 0 bridgehead atoms. The van der Waals surface area contributed by atoms with Gasteiger partial charge in [-0.15, -0.1) is 20.4 Å².